The highest BCUT2D eigenvalue weighted by Gasteiger charge is 2.12. The van der Waals surface area contributed by atoms with Gasteiger partial charge in [-0.2, -0.15) is 0 Å². The summed E-state index contributed by atoms with van der Waals surface area (Å²) in [6.45, 7) is 7.73. The zero-order chi connectivity index (χ0) is 11.3. The molecule has 0 aliphatic carbocycles. The summed E-state index contributed by atoms with van der Waals surface area (Å²) in [5, 5.41) is 6.70. The van der Waals surface area contributed by atoms with E-state index in [1.165, 1.54) is 11.4 Å². The molecule has 0 spiro atoms. The number of nitrogens with one attached hydrogen (secondary N) is 1. The SMILES string of the molecule is CNCC(Cc1nc(C)cs1)CC(C)C. The number of aryl methyl sites for hydroxylation is 1. The van der Waals surface area contributed by atoms with Crippen LogP contribution in [0, 0.1) is 18.8 Å². The molecule has 0 amide bonds. The van der Waals surface area contributed by atoms with Crippen molar-refractivity contribution in [3.8, 4) is 0 Å². The van der Waals surface area contributed by atoms with Gasteiger partial charge in [0.1, 0.15) is 0 Å². The molecule has 0 radical (unpaired) electrons. The highest BCUT2D eigenvalue weighted by Crippen LogP contribution is 2.19. The van der Waals surface area contributed by atoms with Gasteiger partial charge in [0, 0.05) is 17.5 Å². The molecule has 1 aromatic rings. The van der Waals surface area contributed by atoms with E-state index in [-0.39, 0.29) is 0 Å². The van der Waals surface area contributed by atoms with Crippen LogP contribution in [0.4, 0.5) is 0 Å². The third-order valence-corrected chi connectivity index (χ3v) is 3.42. The van der Waals surface area contributed by atoms with Gasteiger partial charge in [-0.1, -0.05) is 13.8 Å². The van der Waals surface area contributed by atoms with Crippen LogP contribution in [0.2, 0.25) is 0 Å². The summed E-state index contributed by atoms with van der Waals surface area (Å²) in [5.41, 5.74) is 1.16. The van der Waals surface area contributed by atoms with Gasteiger partial charge in [-0.05, 0) is 38.8 Å². The van der Waals surface area contributed by atoms with Crippen LogP contribution in [-0.4, -0.2) is 18.6 Å². The summed E-state index contributed by atoms with van der Waals surface area (Å²) in [7, 11) is 2.03. The number of hydrogen-bond donors (Lipinski definition) is 1. The van der Waals surface area contributed by atoms with Gasteiger partial charge in [-0.25, -0.2) is 4.98 Å². The first-order valence-electron chi connectivity index (χ1n) is 5.67. The summed E-state index contributed by atoms with van der Waals surface area (Å²) in [4.78, 5) is 4.53. The summed E-state index contributed by atoms with van der Waals surface area (Å²) >= 11 is 1.79. The van der Waals surface area contributed by atoms with Crippen molar-refractivity contribution in [2.75, 3.05) is 13.6 Å². The lowest BCUT2D eigenvalue weighted by molar-refractivity contribution is 0.394. The molecule has 86 valence electrons. The molecule has 1 atom stereocenters. The maximum Gasteiger partial charge on any atom is 0.0931 e. The van der Waals surface area contributed by atoms with Gasteiger partial charge in [0.05, 0.1) is 5.01 Å². The Labute approximate surface area is 97.1 Å². The molecule has 0 fully saturated rings. The third kappa shape index (κ3) is 4.76. The number of hydrogen-bond acceptors (Lipinski definition) is 3. The van der Waals surface area contributed by atoms with E-state index < -0.39 is 0 Å². The molecule has 1 aromatic heterocycles. The van der Waals surface area contributed by atoms with Gasteiger partial charge < -0.3 is 5.32 Å². The van der Waals surface area contributed by atoms with Gasteiger partial charge in [-0.3, -0.25) is 0 Å². The zero-order valence-electron chi connectivity index (χ0n) is 10.2. The Morgan fingerprint density at radius 1 is 1.47 bits per heavy atom. The van der Waals surface area contributed by atoms with E-state index in [2.05, 4.69) is 36.5 Å². The van der Waals surface area contributed by atoms with E-state index in [1.54, 1.807) is 11.3 Å². The second-order valence-electron chi connectivity index (χ2n) is 4.64. The van der Waals surface area contributed by atoms with Crippen molar-refractivity contribution in [2.45, 2.75) is 33.6 Å². The van der Waals surface area contributed by atoms with E-state index >= 15 is 0 Å². The lowest BCUT2D eigenvalue weighted by Gasteiger charge is -2.17. The smallest absolute Gasteiger partial charge is 0.0931 e. The highest BCUT2D eigenvalue weighted by molar-refractivity contribution is 7.09. The molecule has 3 heteroatoms. The van der Waals surface area contributed by atoms with Crippen LogP contribution >= 0.6 is 11.3 Å². The average molecular weight is 226 g/mol. The standard InChI is InChI=1S/C12H22N2S/c1-9(2)5-11(7-13-4)6-12-14-10(3)8-15-12/h8-9,11,13H,5-7H2,1-4H3. The molecule has 1 N–H and O–H groups in total. The van der Waals surface area contributed by atoms with Crippen LogP contribution in [0.15, 0.2) is 5.38 Å². The number of nitrogens with zero attached hydrogens (tertiary/aromatic N) is 1. The Kier molecular flexibility index (Phi) is 5.26. The number of rotatable bonds is 6. The Bertz CT molecular complexity index is 281. The van der Waals surface area contributed by atoms with E-state index in [9.17, 15) is 0 Å². The monoisotopic (exact) mass is 226 g/mol. The van der Waals surface area contributed by atoms with Crippen molar-refractivity contribution in [3.63, 3.8) is 0 Å². The summed E-state index contributed by atoms with van der Waals surface area (Å²) in [5.74, 6) is 1.49. The van der Waals surface area contributed by atoms with E-state index in [1.807, 2.05) is 7.05 Å². The molecule has 1 rings (SSSR count). The maximum atomic E-state index is 4.53. The van der Waals surface area contributed by atoms with Gasteiger partial charge in [-0.15, -0.1) is 11.3 Å². The Balaban J connectivity index is 2.50. The predicted octanol–water partition coefficient (Wildman–Crippen LogP) is 2.88. The molecule has 1 unspecified atom stereocenters. The zero-order valence-corrected chi connectivity index (χ0v) is 11.0. The summed E-state index contributed by atoms with van der Waals surface area (Å²) < 4.78 is 0. The molecule has 2 nitrogen and oxygen atoms in total. The van der Waals surface area contributed by atoms with Gasteiger partial charge in [0.2, 0.25) is 0 Å². The minimum absolute atomic E-state index is 0.723. The van der Waals surface area contributed by atoms with Gasteiger partial charge >= 0.3 is 0 Å². The quantitative estimate of drug-likeness (QED) is 0.807. The van der Waals surface area contributed by atoms with Crippen LogP contribution in [0.25, 0.3) is 0 Å². The molecule has 0 saturated heterocycles. The van der Waals surface area contributed by atoms with Crippen molar-refractivity contribution >= 4 is 11.3 Å². The Hall–Kier alpha value is -0.410. The molecule has 1 heterocycles. The first-order chi connectivity index (χ1) is 7.11. The van der Waals surface area contributed by atoms with Crippen LogP contribution in [0.1, 0.15) is 31.0 Å². The first kappa shape index (κ1) is 12.7. The minimum atomic E-state index is 0.723. The second kappa shape index (κ2) is 6.23. The van der Waals surface area contributed by atoms with Crippen LogP contribution < -0.4 is 5.32 Å². The van der Waals surface area contributed by atoms with E-state index in [4.69, 9.17) is 0 Å². The van der Waals surface area contributed by atoms with Crippen molar-refractivity contribution in [1.29, 1.82) is 0 Å². The average Bonchev–Trinajstić information content (AvgIpc) is 2.50. The molecule has 0 aromatic carbocycles. The second-order valence-corrected chi connectivity index (χ2v) is 5.58. The fourth-order valence-corrected chi connectivity index (χ4v) is 2.83. The van der Waals surface area contributed by atoms with E-state index in [0.29, 0.717) is 0 Å². The lowest BCUT2D eigenvalue weighted by atomic mass is 9.94. The molecule has 0 aliphatic rings. The molecule has 0 aliphatic heterocycles. The van der Waals surface area contributed by atoms with Crippen molar-refractivity contribution in [3.05, 3.63) is 16.1 Å². The summed E-state index contributed by atoms with van der Waals surface area (Å²) in [6.07, 6.45) is 2.40. The Morgan fingerprint density at radius 2 is 2.20 bits per heavy atom. The summed E-state index contributed by atoms with van der Waals surface area (Å²) in [6, 6.07) is 0. The number of aromatic nitrogens is 1. The molecular formula is C12H22N2S. The largest absolute Gasteiger partial charge is 0.319 e. The normalized spacial score (nSPS) is 13.4. The van der Waals surface area contributed by atoms with Crippen LogP contribution in [0.3, 0.4) is 0 Å². The lowest BCUT2D eigenvalue weighted by Crippen LogP contribution is -2.22. The fourth-order valence-electron chi connectivity index (χ4n) is 1.94. The van der Waals surface area contributed by atoms with Crippen LogP contribution in [0.5, 0.6) is 0 Å². The third-order valence-electron chi connectivity index (χ3n) is 2.43. The van der Waals surface area contributed by atoms with Crippen molar-refractivity contribution < 1.29 is 0 Å². The molecule has 15 heavy (non-hydrogen) atoms. The highest BCUT2D eigenvalue weighted by atomic mass is 32.1. The number of thiazole rings is 1. The van der Waals surface area contributed by atoms with Crippen LogP contribution in [-0.2, 0) is 6.42 Å². The van der Waals surface area contributed by atoms with E-state index in [0.717, 1.165) is 30.5 Å². The topological polar surface area (TPSA) is 24.9 Å². The molecule has 0 bridgehead atoms. The predicted molar refractivity (Wildman–Crippen MR) is 67.4 cm³/mol. The fraction of sp³-hybridized carbons (Fsp3) is 0.750. The first-order valence-corrected chi connectivity index (χ1v) is 6.55. The van der Waals surface area contributed by atoms with Gasteiger partial charge in [0.15, 0.2) is 0 Å². The van der Waals surface area contributed by atoms with Gasteiger partial charge in [0.25, 0.3) is 0 Å². The Morgan fingerprint density at radius 3 is 2.67 bits per heavy atom. The molecular weight excluding hydrogens is 204 g/mol. The maximum absolute atomic E-state index is 4.53. The van der Waals surface area contributed by atoms with Crippen molar-refractivity contribution in [2.24, 2.45) is 11.8 Å². The molecule has 0 saturated carbocycles. The minimum Gasteiger partial charge on any atom is -0.319 e. The van der Waals surface area contributed by atoms with Crippen molar-refractivity contribution in [1.82, 2.24) is 10.3 Å².